The number of rotatable bonds is 0. The number of hydrogen-bond donors (Lipinski definition) is 0. The third-order valence-electron chi connectivity index (χ3n) is 4.98. The first-order chi connectivity index (χ1) is 8.08. The van der Waals surface area contributed by atoms with Crippen molar-refractivity contribution in [3.05, 3.63) is 23.3 Å². The van der Waals surface area contributed by atoms with Crippen molar-refractivity contribution < 1.29 is 9.53 Å². The number of carbonyl (C=O) groups is 1. The van der Waals surface area contributed by atoms with Crippen molar-refractivity contribution in [2.45, 2.75) is 45.6 Å². The van der Waals surface area contributed by atoms with Gasteiger partial charge in [0.25, 0.3) is 0 Å². The zero-order valence-corrected chi connectivity index (χ0v) is 10.7. The van der Waals surface area contributed by atoms with Gasteiger partial charge in [0.05, 0.1) is 0 Å². The van der Waals surface area contributed by atoms with E-state index in [1.165, 1.54) is 18.4 Å². The third-order valence-corrected chi connectivity index (χ3v) is 4.98. The van der Waals surface area contributed by atoms with E-state index in [1.54, 1.807) is 5.57 Å². The molecule has 0 radical (unpaired) electrons. The van der Waals surface area contributed by atoms with Crippen LogP contribution < -0.4 is 0 Å². The van der Waals surface area contributed by atoms with Gasteiger partial charge in [-0.3, -0.25) is 0 Å². The van der Waals surface area contributed by atoms with Gasteiger partial charge in [-0.2, -0.15) is 0 Å². The molecule has 4 atom stereocenters. The second kappa shape index (κ2) is 3.72. The molecule has 1 heterocycles. The highest BCUT2D eigenvalue weighted by molar-refractivity contribution is 5.90. The smallest absolute Gasteiger partial charge is 0.334 e. The first kappa shape index (κ1) is 11.1. The quantitative estimate of drug-likeness (QED) is 0.364. The molecular formula is C15H20O2. The first-order valence-electron chi connectivity index (χ1n) is 6.66. The highest BCUT2D eigenvalue weighted by atomic mass is 16.6. The van der Waals surface area contributed by atoms with Gasteiger partial charge in [0.1, 0.15) is 6.10 Å². The van der Waals surface area contributed by atoms with E-state index in [-0.39, 0.29) is 18.0 Å². The number of hydrogen-bond acceptors (Lipinski definition) is 2. The molecule has 0 amide bonds. The van der Waals surface area contributed by atoms with Crippen molar-refractivity contribution in [1.82, 2.24) is 0 Å². The van der Waals surface area contributed by atoms with Crippen molar-refractivity contribution in [2.24, 2.45) is 17.8 Å². The summed E-state index contributed by atoms with van der Waals surface area (Å²) in [5.41, 5.74) is 3.83. The number of carbonyl (C=O) groups excluding carboxylic acids is 1. The molecule has 4 unspecified atom stereocenters. The van der Waals surface area contributed by atoms with E-state index in [0.29, 0.717) is 11.5 Å². The van der Waals surface area contributed by atoms with Crippen LogP contribution in [0.2, 0.25) is 0 Å². The maximum atomic E-state index is 11.6. The van der Waals surface area contributed by atoms with E-state index in [1.807, 2.05) is 0 Å². The number of allylic oxidation sites excluding steroid dienone is 1. The van der Waals surface area contributed by atoms with Gasteiger partial charge < -0.3 is 4.74 Å². The van der Waals surface area contributed by atoms with Gasteiger partial charge in [0.15, 0.2) is 0 Å². The molecule has 1 saturated heterocycles. The van der Waals surface area contributed by atoms with Crippen LogP contribution in [0.3, 0.4) is 0 Å². The SMILES string of the molecule is C=C1C(=O)OC2CC(C)=C3CCC(C)C3CC12. The zero-order valence-electron chi connectivity index (χ0n) is 10.7. The lowest BCUT2D eigenvalue weighted by molar-refractivity contribution is -0.139. The minimum Gasteiger partial charge on any atom is -0.458 e. The van der Waals surface area contributed by atoms with Crippen molar-refractivity contribution in [2.75, 3.05) is 0 Å². The molecule has 3 rings (SSSR count). The summed E-state index contributed by atoms with van der Waals surface area (Å²) in [4.78, 5) is 11.6. The van der Waals surface area contributed by atoms with Crippen LogP contribution in [0.4, 0.5) is 0 Å². The van der Waals surface area contributed by atoms with E-state index in [4.69, 9.17) is 4.74 Å². The summed E-state index contributed by atoms with van der Waals surface area (Å²) < 4.78 is 5.46. The highest BCUT2D eigenvalue weighted by Gasteiger charge is 2.44. The molecule has 1 saturated carbocycles. The van der Waals surface area contributed by atoms with Crippen LogP contribution >= 0.6 is 0 Å². The Kier molecular flexibility index (Phi) is 2.42. The van der Waals surface area contributed by atoms with Crippen LogP contribution in [0.25, 0.3) is 0 Å². The molecule has 1 aliphatic heterocycles. The molecule has 17 heavy (non-hydrogen) atoms. The Morgan fingerprint density at radius 2 is 2.12 bits per heavy atom. The predicted molar refractivity (Wildman–Crippen MR) is 66.3 cm³/mol. The van der Waals surface area contributed by atoms with Crippen LogP contribution in [-0.2, 0) is 9.53 Å². The summed E-state index contributed by atoms with van der Waals surface area (Å²) >= 11 is 0. The lowest BCUT2D eigenvalue weighted by Crippen LogP contribution is -2.18. The second-order valence-electron chi connectivity index (χ2n) is 5.94. The van der Waals surface area contributed by atoms with Gasteiger partial charge in [-0.15, -0.1) is 0 Å². The maximum absolute atomic E-state index is 11.6. The minimum atomic E-state index is -0.165. The molecule has 3 aliphatic rings. The average molecular weight is 232 g/mol. The summed E-state index contributed by atoms with van der Waals surface area (Å²) in [5.74, 6) is 1.51. The summed E-state index contributed by atoms with van der Waals surface area (Å²) in [5, 5.41) is 0. The molecule has 0 spiro atoms. The summed E-state index contributed by atoms with van der Waals surface area (Å²) in [6.45, 7) is 8.49. The fraction of sp³-hybridized carbons (Fsp3) is 0.667. The number of ether oxygens (including phenoxy) is 1. The molecule has 0 aromatic carbocycles. The molecule has 0 N–H and O–H groups in total. The second-order valence-corrected chi connectivity index (χ2v) is 5.94. The highest BCUT2D eigenvalue weighted by Crippen LogP contribution is 2.49. The van der Waals surface area contributed by atoms with Crippen LogP contribution in [0.15, 0.2) is 23.3 Å². The van der Waals surface area contributed by atoms with Gasteiger partial charge in [-0.05, 0) is 38.0 Å². The van der Waals surface area contributed by atoms with E-state index in [0.717, 1.165) is 18.8 Å². The minimum absolute atomic E-state index is 0.0697. The van der Waals surface area contributed by atoms with Crippen LogP contribution in [-0.4, -0.2) is 12.1 Å². The molecule has 0 bridgehead atoms. The lowest BCUT2D eigenvalue weighted by Gasteiger charge is -2.20. The van der Waals surface area contributed by atoms with Gasteiger partial charge in [0.2, 0.25) is 0 Å². The maximum Gasteiger partial charge on any atom is 0.334 e. The van der Waals surface area contributed by atoms with Crippen LogP contribution in [0, 0.1) is 17.8 Å². The molecule has 92 valence electrons. The number of esters is 1. The standard InChI is InChI=1S/C15H20O2/c1-8-4-5-11-9(2)6-14-13(7-12(8)11)10(3)15(16)17-14/h8,12-14H,3-7H2,1-2H3. The Labute approximate surface area is 103 Å². The van der Waals surface area contributed by atoms with E-state index in [9.17, 15) is 4.79 Å². The summed E-state index contributed by atoms with van der Waals surface area (Å²) in [6, 6.07) is 0. The van der Waals surface area contributed by atoms with Crippen molar-refractivity contribution >= 4 is 5.97 Å². The molecule has 2 fully saturated rings. The average Bonchev–Trinajstić information content (AvgIpc) is 2.71. The van der Waals surface area contributed by atoms with Crippen molar-refractivity contribution in [1.29, 1.82) is 0 Å². The predicted octanol–water partition coefficient (Wildman–Crippen LogP) is 3.24. The van der Waals surface area contributed by atoms with E-state index < -0.39 is 0 Å². The van der Waals surface area contributed by atoms with E-state index in [2.05, 4.69) is 20.4 Å². The van der Waals surface area contributed by atoms with Gasteiger partial charge in [-0.1, -0.05) is 24.6 Å². The molecule has 2 nitrogen and oxygen atoms in total. The van der Waals surface area contributed by atoms with Gasteiger partial charge in [-0.25, -0.2) is 4.79 Å². The van der Waals surface area contributed by atoms with Crippen LogP contribution in [0.5, 0.6) is 0 Å². The van der Waals surface area contributed by atoms with E-state index >= 15 is 0 Å². The Balaban J connectivity index is 1.95. The summed E-state index contributed by atoms with van der Waals surface area (Å²) in [7, 11) is 0. The first-order valence-corrected chi connectivity index (χ1v) is 6.66. The van der Waals surface area contributed by atoms with Crippen molar-refractivity contribution in [3.8, 4) is 0 Å². The largest absolute Gasteiger partial charge is 0.458 e. The Morgan fingerprint density at radius 1 is 1.35 bits per heavy atom. The normalized spacial score (nSPS) is 41.1. The summed E-state index contributed by atoms with van der Waals surface area (Å²) in [6.07, 6.45) is 4.62. The van der Waals surface area contributed by atoms with Crippen LogP contribution in [0.1, 0.15) is 39.5 Å². The molecule has 0 aromatic rings. The monoisotopic (exact) mass is 232 g/mol. The Morgan fingerprint density at radius 3 is 2.88 bits per heavy atom. The fourth-order valence-electron chi connectivity index (χ4n) is 3.87. The lowest BCUT2D eigenvalue weighted by atomic mass is 9.83. The fourth-order valence-corrected chi connectivity index (χ4v) is 3.87. The molecule has 2 heteroatoms. The van der Waals surface area contributed by atoms with Gasteiger partial charge >= 0.3 is 5.97 Å². The molecule has 2 aliphatic carbocycles. The molecular weight excluding hydrogens is 212 g/mol. The van der Waals surface area contributed by atoms with Crippen molar-refractivity contribution in [3.63, 3.8) is 0 Å². The molecule has 0 aromatic heterocycles. The topological polar surface area (TPSA) is 26.3 Å². The Bertz CT molecular complexity index is 419. The zero-order chi connectivity index (χ0) is 12.2. The Hall–Kier alpha value is -1.05. The number of fused-ring (bicyclic) bond motifs is 2. The third kappa shape index (κ3) is 1.57. The van der Waals surface area contributed by atoms with Gasteiger partial charge in [0, 0.05) is 17.9 Å².